The second kappa shape index (κ2) is 8.62. The van der Waals surface area contributed by atoms with Crippen molar-refractivity contribution in [3.8, 4) is 11.5 Å². The molecule has 0 spiro atoms. The molecule has 0 saturated carbocycles. The van der Waals surface area contributed by atoms with Crippen LogP contribution < -0.4 is 14.4 Å². The van der Waals surface area contributed by atoms with E-state index >= 15 is 0 Å². The van der Waals surface area contributed by atoms with E-state index in [1.54, 1.807) is 7.11 Å². The molecule has 30 heavy (non-hydrogen) atoms. The molecular weight excluding hydrogens is 374 g/mol. The number of hydrogen-bond donors (Lipinski definition) is 0. The summed E-state index contributed by atoms with van der Waals surface area (Å²) in [6.07, 6.45) is 1.85. The number of carbonyl (C=O) groups is 1. The van der Waals surface area contributed by atoms with Crippen molar-refractivity contribution >= 4 is 11.6 Å². The Balaban J connectivity index is 1.53. The third-order valence-electron chi connectivity index (χ3n) is 5.68. The smallest absolute Gasteiger partial charge is 0.259 e. The second-order valence-corrected chi connectivity index (χ2v) is 7.73. The Morgan fingerprint density at radius 3 is 2.43 bits per heavy atom. The predicted octanol–water partition coefficient (Wildman–Crippen LogP) is 5.82. The lowest BCUT2D eigenvalue weighted by atomic mass is 10.1. The first-order chi connectivity index (χ1) is 14.6. The minimum atomic E-state index is -0.0227. The summed E-state index contributed by atoms with van der Waals surface area (Å²) in [4.78, 5) is 14.8. The molecule has 2 atom stereocenters. The molecule has 1 aliphatic heterocycles. The lowest BCUT2D eigenvalue weighted by molar-refractivity contribution is 0.0992. The third-order valence-corrected chi connectivity index (χ3v) is 5.68. The molecule has 4 nitrogen and oxygen atoms in total. The molecule has 0 fully saturated rings. The van der Waals surface area contributed by atoms with E-state index in [0.717, 1.165) is 29.7 Å². The largest absolute Gasteiger partial charge is 0.493 e. The van der Waals surface area contributed by atoms with Crippen molar-refractivity contribution in [1.82, 2.24) is 0 Å². The summed E-state index contributed by atoms with van der Waals surface area (Å²) in [6.45, 7) is 4.12. The van der Waals surface area contributed by atoms with Gasteiger partial charge in [0, 0.05) is 17.3 Å². The zero-order valence-electron chi connectivity index (χ0n) is 17.7. The fourth-order valence-corrected chi connectivity index (χ4v) is 4.04. The Hall–Kier alpha value is -3.27. The van der Waals surface area contributed by atoms with E-state index in [2.05, 4.69) is 38.1 Å². The third kappa shape index (κ3) is 3.90. The summed E-state index contributed by atoms with van der Waals surface area (Å²) in [5.74, 6) is 1.35. The molecule has 1 heterocycles. The van der Waals surface area contributed by atoms with Gasteiger partial charge in [0.05, 0.1) is 19.3 Å². The summed E-state index contributed by atoms with van der Waals surface area (Å²) in [7, 11) is 1.63. The number of ether oxygens (including phenoxy) is 2. The normalized spacial score (nSPS) is 16.3. The quantitative estimate of drug-likeness (QED) is 0.501. The molecule has 1 aliphatic rings. The van der Waals surface area contributed by atoms with Crippen LogP contribution in [0.25, 0.3) is 0 Å². The number of aryl methyl sites for hydroxylation is 1. The van der Waals surface area contributed by atoms with Crippen molar-refractivity contribution in [1.29, 1.82) is 0 Å². The summed E-state index contributed by atoms with van der Waals surface area (Å²) in [5.41, 5.74) is 3.93. The van der Waals surface area contributed by atoms with Gasteiger partial charge in [-0.3, -0.25) is 4.79 Å². The van der Waals surface area contributed by atoms with E-state index < -0.39 is 0 Å². The van der Waals surface area contributed by atoms with Crippen molar-refractivity contribution in [3.63, 3.8) is 0 Å². The summed E-state index contributed by atoms with van der Waals surface area (Å²) >= 11 is 0. The molecule has 0 N–H and O–H groups in total. The number of benzene rings is 3. The van der Waals surface area contributed by atoms with Gasteiger partial charge in [-0.25, -0.2) is 0 Å². The number of nitrogens with zero attached hydrogens (tertiary/aromatic N) is 1. The Kier molecular flexibility index (Phi) is 5.75. The molecular formula is C26H27NO3. The van der Waals surface area contributed by atoms with Gasteiger partial charge in [-0.15, -0.1) is 0 Å². The molecule has 2 unspecified atom stereocenters. The van der Waals surface area contributed by atoms with Gasteiger partial charge in [-0.05, 0) is 56.0 Å². The molecule has 0 aliphatic carbocycles. The van der Waals surface area contributed by atoms with Crippen LogP contribution in [0.15, 0.2) is 72.8 Å². The van der Waals surface area contributed by atoms with Gasteiger partial charge in [0.15, 0.2) is 11.5 Å². The van der Waals surface area contributed by atoms with Crippen LogP contribution in [-0.2, 0) is 6.42 Å². The van der Waals surface area contributed by atoms with E-state index in [9.17, 15) is 4.79 Å². The van der Waals surface area contributed by atoms with E-state index in [4.69, 9.17) is 9.47 Å². The van der Waals surface area contributed by atoms with Gasteiger partial charge >= 0.3 is 0 Å². The van der Waals surface area contributed by atoms with E-state index in [1.807, 2.05) is 53.4 Å². The first-order valence-electron chi connectivity index (χ1n) is 10.4. The summed E-state index contributed by atoms with van der Waals surface area (Å²) in [6, 6.07) is 23.9. The van der Waals surface area contributed by atoms with E-state index in [1.165, 1.54) is 5.56 Å². The molecule has 3 aromatic rings. The van der Waals surface area contributed by atoms with Crippen molar-refractivity contribution in [2.45, 2.75) is 38.8 Å². The number of carbonyl (C=O) groups excluding carboxylic acids is 1. The van der Waals surface area contributed by atoms with Crippen LogP contribution in [-0.4, -0.2) is 19.1 Å². The highest BCUT2D eigenvalue weighted by Gasteiger charge is 2.34. The number of rotatable bonds is 7. The topological polar surface area (TPSA) is 38.8 Å². The fraction of sp³-hybridized carbons (Fsp3) is 0.269. The van der Waals surface area contributed by atoms with Gasteiger partial charge in [-0.2, -0.15) is 0 Å². The zero-order chi connectivity index (χ0) is 21.1. The van der Waals surface area contributed by atoms with Gasteiger partial charge in [0.25, 0.3) is 5.91 Å². The highest BCUT2D eigenvalue weighted by molar-refractivity contribution is 6.11. The minimum absolute atomic E-state index is 0.0123. The summed E-state index contributed by atoms with van der Waals surface area (Å²) < 4.78 is 11.8. The molecule has 0 bridgehead atoms. The SMILES string of the molecule is COc1ccc(N2C(=O)c3ccccc3C2C)cc1OC(C)CCc1ccccc1. The molecule has 154 valence electrons. The lowest BCUT2D eigenvalue weighted by Crippen LogP contribution is -2.26. The van der Waals surface area contributed by atoms with Crippen LogP contribution in [0, 0.1) is 0 Å². The molecule has 0 aromatic heterocycles. The van der Waals surface area contributed by atoms with Gasteiger partial charge in [-0.1, -0.05) is 48.5 Å². The van der Waals surface area contributed by atoms with E-state index in [0.29, 0.717) is 11.5 Å². The predicted molar refractivity (Wildman–Crippen MR) is 120 cm³/mol. The van der Waals surface area contributed by atoms with Gasteiger partial charge in [0.2, 0.25) is 0 Å². The average molecular weight is 402 g/mol. The van der Waals surface area contributed by atoms with Crippen molar-refractivity contribution in [2.75, 3.05) is 12.0 Å². The molecule has 0 radical (unpaired) electrons. The van der Waals surface area contributed by atoms with Crippen LogP contribution in [0.2, 0.25) is 0 Å². The number of amides is 1. The van der Waals surface area contributed by atoms with Gasteiger partial charge in [0.1, 0.15) is 0 Å². The highest BCUT2D eigenvalue weighted by atomic mass is 16.5. The van der Waals surface area contributed by atoms with Crippen LogP contribution >= 0.6 is 0 Å². The first kappa shape index (κ1) is 20.0. The first-order valence-corrected chi connectivity index (χ1v) is 10.4. The van der Waals surface area contributed by atoms with Crippen LogP contribution in [0.1, 0.15) is 47.8 Å². The van der Waals surface area contributed by atoms with Crippen molar-refractivity contribution < 1.29 is 14.3 Å². The monoisotopic (exact) mass is 401 g/mol. The molecule has 4 rings (SSSR count). The fourth-order valence-electron chi connectivity index (χ4n) is 4.04. The number of methoxy groups -OCH3 is 1. The average Bonchev–Trinajstić information content (AvgIpc) is 3.03. The van der Waals surface area contributed by atoms with Crippen molar-refractivity contribution in [3.05, 3.63) is 89.5 Å². The Morgan fingerprint density at radius 1 is 0.967 bits per heavy atom. The second-order valence-electron chi connectivity index (χ2n) is 7.73. The minimum Gasteiger partial charge on any atom is -0.493 e. The maximum Gasteiger partial charge on any atom is 0.259 e. The van der Waals surface area contributed by atoms with Crippen LogP contribution in [0.4, 0.5) is 5.69 Å². The van der Waals surface area contributed by atoms with Crippen molar-refractivity contribution in [2.24, 2.45) is 0 Å². The Bertz CT molecular complexity index is 1030. The van der Waals surface area contributed by atoms with E-state index in [-0.39, 0.29) is 18.1 Å². The molecule has 3 aromatic carbocycles. The Labute approximate surface area is 178 Å². The zero-order valence-corrected chi connectivity index (χ0v) is 17.7. The molecule has 1 amide bonds. The number of anilines is 1. The standard InChI is InChI=1S/C26H27NO3/c1-18(13-14-20-9-5-4-6-10-20)30-25-17-21(15-16-24(25)29-3)27-19(2)22-11-7-8-12-23(22)26(27)28/h4-12,15-19H,13-14H2,1-3H3. The van der Waals surface area contributed by atoms with Crippen LogP contribution in [0.3, 0.4) is 0 Å². The maximum atomic E-state index is 13.0. The maximum absolute atomic E-state index is 13.0. The summed E-state index contributed by atoms with van der Waals surface area (Å²) in [5, 5.41) is 0. The molecule has 0 saturated heterocycles. The van der Waals surface area contributed by atoms with Gasteiger partial charge < -0.3 is 14.4 Å². The molecule has 4 heteroatoms. The Morgan fingerprint density at radius 2 is 1.70 bits per heavy atom. The lowest BCUT2D eigenvalue weighted by Gasteiger charge is -2.24. The highest BCUT2D eigenvalue weighted by Crippen LogP contribution is 2.40. The number of fused-ring (bicyclic) bond motifs is 1. The van der Waals surface area contributed by atoms with Crippen LogP contribution in [0.5, 0.6) is 11.5 Å². The number of hydrogen-bond acceptors (Lipinski definition) is 3.